The molecule has 0 amide bonds. The van der Waals surface area contributed by atoms with Crippen LogP contribution in [0.4, 0.5) is 0 Å². The second-order valence-electron chi connectivity index (χ2n) is 5.01. The highest BCUT2D eigenvalue weighted by molar-refractivity contribution is 5.40. The maximum atomic E-state index is 8.96. The van der Waals surface area contributed by atoms with E-state index in [1.165, 1.54) is 11.1 Å². The van der Waals surface area contributed by atoms with E-state index in [-0.39, 0.29) is 6.61 Å². The van der Waals surface area contributed by atoms with Crippen molar-refractivity contribution in [2.24, 2.45) is 0 Å². The lowest BCUT2D eigenvalue weighted by molar-refractivity contribution is 0.262. The molecule has 0 saturated heterocycles. The largest absolute Gasteiger partial charge is 0.493 e. The lowest BCUT2D eigenvalue weighted by atomic mass is 9.99. The minimum Gasteiger partial charge on any atom is -0.493 e. The number of ether oxygens (including phenoxy) is 1. The molecule has 2 N–H and O–H groups in total. The summed E-state index contributed by atoms with van der Waals surface area (Å²) in [7, 11) is 0. The van der Waals surface area contributed by atoms with Gasteiger partial charge in [-0.2, -0.15) is 0 Å². The summed E-state index contributed by atoms with van der Waals surface area (Å²) in [6, 6.07) is 7.19. The van der Waals surface area contributed by atoms with Crippen LogP contribution in [0.15, 0.2) is 18.2 Å². The van der Waals surface area contributed by atoms with E-state index in [1.54, 1.807) is 0 Å². The number of aliphatic hydroxyl groups is 1. The molecular weight excluding hydrogens is 226 g/mol. The van der Waals surface area contributed by atoms with E-state index in [1.807, 2.05) is 0 Å². The molecule has 1 aliphatic heterocycles. The number of hydrogen-bond donors (Lipinski definition) is 2. The van der Waals surface area contributed by atoms with Crippen LogP contribution in [0.5, 0.6) is 5.75 Å². The monoisotopic (exact) mass is 249 g/mol. The fourth-order valence-electron chi connectivity index (χ4n) is 2.49. The summed E-state index contributed by atoms with van der Waals surface area (Å²) in [6.07, 6.45) is 2.87. The summed E-state index contributed by atoms with van der Waals surface area (Å²) >= 11 is 0. The molecule has 0 saturated carbocycles. The van der Waals surface area contributed by atoms with Gasteiger partial charge in [0, 0.05) is 25.1 Å². The minimum absolute atomic E-state index is 0.239. The Bertz CT molecular complexity index is 392. The van der Waals surface area contributed by atoms with Gasteiger partial charge in [-0.05, 0) is 37.0 Å². The van der Waals surface area contributed by atoms with Gasteiger partial charge in [0.1, 0.15) is 5.75 Å². The van der Waals surface area contributed by atoms with Gasteiger partial charge in [-0.25, -0.2) is 0 Å². The van der Waals surface area contributed by atoms with E-state index >= 15 is 0 Å². The Morgan fingerprint density at radius 2 is 2.28 bits per heavy atom. The molecule has 1 aliphatic rings. The Balaban J connectivity index is 2.07. The van der Waals surface area contributed by atoms with Gasteiger partial charge in [-0.15, -0.1) is 0 Å². The van der Waals surface area contributed by atoms with E-state index in [0.717, 1.165) is 31.6 Å². The fraction of sp³-hybridized carbons (Fsp3) is 0.600. The average Bonchev–Trinajstić information content (AvgIpc) is 2.83. The molecule has 1 aromatic carbocycles. The van der Waals surface area contributed by atoms with Crippen molar-refractivity contribution >= 4 is 0 Å². The predicted molar refractivity (Wildman–Crippen MR) is 73.0 cm³/mol. The number of fused-ring (bicyclic) bond motifs is 1. The first-order valence-electron chi connectivity index (χ1n) is 6.87. The van der Waals surface area contributed by atoms with Crippen molar-refractivity contribution in [3.05, 3.63) is 29.3 Å². The van der Waals surface area contributed by atoms with Crippen molar-refractivity contribution in [2.45, 2.75) is 45.2 Å². The molecule has 2 rings (SSSR count). The summed E-state index contributed by atoms with van der Waals surface area (Å²) in [6.45, 7) is 5.36. The summed E-state index contributed by atoms with van der Waals surface area (Å²) in [5, 5.41) is 12.5. The Kier molecular flexibility index (Phi) is 4.61. The van der Waals surface area contributed by atoms with Crippen LogP contribution in [0, 0.1) is 0 Å². The van der Waals surface area contributed by atoms with Gasteiger partial charge in [-0.3, -0.25) is 0 Å². The molecule has 2 atom stereocenters. The van der Waals surface area contributed by atoms with Gasteiger partial charge in [0.05, 0.1) is 6.61 Å². The molecule has 0 fully saturated rings. The topological polar surface area (TPSA) is 41.5 Å². The lowest BCUT2D eigenvalue weighted by Gasteiger charge is -2.22. The molecule has 3 heteroatoms. The molecular formula is C15H23NO2. The second kappa shape index (κ2) is 6.21. The molecule has 18 heavy (non-hydrogen) atoms. The highest BCUT2D eigenvalue weighted by Gasteiger charge is 2.17. The van der Waals surface area contributed by atoms with E-state index in [0.29, 0.717) is 12.1 Å². The van der Waals surface area contributed by atoms with Crippen LogP contribution in [0.25, 0.3) is 0 Å². The Morgan fingerprint density at radius 1 is 1.44 bits per heavy atom. The van der Waals surface area contributed by atoms with E-state index < -0.39 is 0 Å². The third-order valence-corrected chi connectivity index (χ3v) is 3.57. The number of hydrogen-bond acceptors (Lipinski definition) is 3. The van der Waals surface area contributed by atoms with Crippen molar-refractivity contribution in [3.63, 3.8) is 0 Å². The van der Waals surface area contributed by atoms with Gasteiger partial charge < -0.3 is 15.2 Å². The smallest absolute Gasteiger partial charge is 0.122 e. The van der Waals surface area contributed by atoms with Gasteiger partial charge in [0.15, 0.2) is 0 Å². The second-order valence-corrected chi connectivity index (χ2v) is 5.01. The quantitative estimate of drug-likeness (QED) is 0.813. The zero-order valence-corrected chi connectivity index (χ0v) is 11.3. The predicted octanol–water partition coefficient (Wildman–Crippen LogP) is 2.43. The molecule has 1 aromatic rings. The number of aliphatic hydroxyl groups excluding tert-OH is 1. The van der Waals surface area contributed by atoms with Crippen molar-refractivity contribution in [2.75, 3.05) is 13.2 Å². The van der Waals surface area contributed by atoms with Crippen molar-refractivity contribution in [1.29, 1.82) is 0 Å². The Morgan fingerprint density at radius 3 is 3.00 bits per heavy atom. The van der Waals surface area contributed by atoms with Crippen LogP contribution in [0.1, 0.15) is 43.9 Å². The van der Waals surface area contributed by atoms with E-state index in [4.69, 9.17) is 9.84 Å². The lowest BCUT2D eigenvalue weighted by Crippen LogP contribution is -2.31. The van der Waals surface area contributed by atoms with Crippen LogP contribution in [0.3, 0.4) is 0 Å². The summed E-state index contributed by atoms with van der Waals surface area (Å²) in [5.41, 5.74) is 2.65. The fourth-order valence-corrected chi connectivity index (χ4v) is 2.49. The van der Waals surface area contributed by atoms with Gasteiger partial charge in [-0.1, -0.05) is 19.1 Å². The van der Waals surface area contributed by atoms with E-state index in [9.17, 15) is 0 Å². The van der Waals surface area contributed by atoms with E-state index in [2.05, 4.69) is 37.4 Å². The van der Waals surface area contributed by atoms with Gasteiger partial charge in [0.25, 0.3) is 0 Å². The molecule has 0 aliphatic carbocycles. The molecule has 0 radical (unpaired) electrons. The van der Waals surface area contributed by atoms with Crippen LogP contribution < -0.4 is 10.1 Å². The highest BCUT2D eigenvalue weighted by Crippen LogP contribution is 2.29. The van der Waals surface area contributed by atoms with Crippen molar-refractivity contribution in [3.8, 4) is 5.75 Å². The minimum atomic E-state index is 0.239. The van der Waals surface area contributed by atoms with Crippen LogP contribution in [-0.2, 0) is 6.42 Å². The molecule has 100 valence electrons. The zero-order chi connectivity index (χ0) is 13.0. The first kappa shape index (κ1) is 13.4. The maximum Gasteiger partial charge on any atom is 0.122 e. The standard InChI is InChI=1S/C15H23NO2/c1-3-14(16-11(2)6-8-17)12-4-5-15-13(10-12)7-9-18-15/h4-5,10-11,14,16-17H,3,6-9H2,1-2H3. The summed E-state index contributed by atoms with van der Waals surface area (Å²) < 4.78 is 5.53. The van der Waals surface area contributed by atoms with Crippen LogP contribution in [0.2, 0.25) is 0 Å². The summed E-state index contributed by atoms with van der Waals surface area (Å²) in [4.78, 5) is 0. The Labute approximate surface area is 109 Å². The number of benzene rings is 1. The van der Waals surface area contributed by atoms with Gasteiger partial charge in [0.2, 0.25) is 0 Å². The van der Waals surface area contributed by atoms with Crippen LogP contribution in [-0.4, -0.2) is 24.4 Å². The molecule has 1 heterocycles. The normalized spacial score (nSPS) is 17.1. The molecule has 0 bridgehead atoms. The number of rotatable bonds is 6. The highest BCUT2D eigenvalue weighted by atomic mass is 16.5. The zero-order valence-electron chi connectivity index (χ0n) is 11.3. The third-order valence-electron chi connectivity index (χ3n) is 3.57. The molecule has 3 nitrogen and oxygen atoms in total. The Hall–Kier alpha value is -1.06. The van der Waals surface area contributed by atoms with Crippen LogP contribution >= 0.6 is 0 Å². The number of nitrogens with one attached hydrogen (secondary N) is 1. The first-order chi connectivity index (χ1) is 8.74. The SMILES string of the molecule is CCC(NC(C)CCO)c1ccc2c(c1)CCO2. The van der Waals surface area contributed by atoms with Crippen molar-refractivity contribution < 1.29 is 9.84 Å². The van der Waals surface area contributed by atoms with Crippen molar-refractivity contribution in [1.82, 2.24) is 5.32 Å². The third kappa shape index (κ3) is 3.03. The molecule has 0 spiro atoms. The maximum absolute atomic E-state index is 8.96. The molecule has 2 unspecified atom stereocenters. The average molecular weight is 249 g/mol. The first-order valence-corrected chi connectivity index (χ1v) is 6.87. The molecule has 0 aromatic heterocycles. The summed E-state index contributed by atoms with van der Waals surface area (Å²) in [5.74, 6) is 1.04. The van der Waals surface area contributed by atoms with Gasteiger partial charge >= 0.3 is 0 Å².